The molecule has 10 rings (SSSR count). The number of para-hydroxylation sites is 4. The van der Waals surface area contributed by atoms with Crippen LogP contribution < -0.4 is 0 Å². The van der Waals surface area contributed by atoms with E-state index in [-0.39, 0.29) is 0 Å². The van der Waals surface area contributed by atoms with Crippen molar-refractivity contribution in [3.05, 3.63) is 121 Å². The van der Waals surface area contributed by atoms with Gasteiger partial charge >= 0.3 is 0 Å². The monoisotopic (exact) mass is 508 g/mol. The zero-order valence-electron chi connectivity index (χ0n) is 21.3. The first-order chi connectivity index (χ1) is 19.9. The zero-order chi connectivity index (χ0) is 25.9. The average Bonchev–Trinajstić information content (AvgIpc) is 3.65. The quantitative estimate of drug-likeness (QED) is 0.222. The maximum atomic E-state index is 5.16. The lowest BCUT2D eigenvalue weighted by molar-refractivity contribution is 1.18. The molecule has 0 spiro atoms. The molecule has 0 saturated heterocycles. The molecule has 184 valence electrons. The molecule has 10 aromatic rings. The lowest BCUT2D eigenvalue weighted by Crippen LogP contribution is -1.93. The number of fused-ring (bicyclic) bond motifs is 13. The van der Waals surface area contributed by atoms with E-state index in [1.165, 1.54) is 54.4 Å². The molecule has 4 nitrogen and oxygen atoms in total. The fraction of sp³-hybridized carbons (Fsp3) is 0. The summed E-state index contributed by atoms with van der Waals surface area (Å²) >= 11 is 0. The van der Waals surface area contributed by atoms with Crippen molar-refractivity contribution in [1.82, 2.24) is 18.9 Å². The Kier molecular flexibility index (Phi) is 3.65. The molecule has 0 N–H and O–H groups in total. The Bertz CT molecular complexity index is 2640. The van der Waals surface area contributed by atoms with Gasteiger partial charge in [-0.3, -0.25) is 4.40 Å². The Labute approximate surface area is 227 Å². The van der Waals surface area contributed by atoms with Crippen LogP contribution in [0.4, 0.5) is 0 Å². The van der Waals surface area contributed by atoms with Crippen LogP contribution >= 0.6 is 0 Å². The molecule has 40 heavy (non-hydrogen) atoms. The first-order valence-corrected chi connectivity index (χ1v) is 13.6. The Morgan fingerprint density at radius 1 is 0.450 bits per heavy atom. The molecular weight excluding hydrogens is 488 g/mol. The van der Waals surface area contributed by atoms with Crippen molar-refractivity contribution in [1.29, 1.82) is 0 Å². The first-order valence-electron chi connectivity index (χ1n) is 13.6. The fourth-order valence-electron chi connectivity index (χ4n) is 7.02. The van der Waals surface area contributed by atoms with E-state index in [9.17, 15) is 0 Å². The lowest BCUT2D eigenvalue weighted by atomic mass is 10.00. The van der Waals surface area contributed by atoms with Crippen LogP contribution in [0.2, 0.25) is 0 Å². The van der Waals surface area contributed by atoms with E-state index in [0.717, 1.165) is 33.3 Å². The van der Waals surface area contributed by atoms with Crippen molar-refractivity contribution in [2.45, 2.75) is 0 Å². The molecule has 0 atom stereocenters. The highest BCUT2D eigenvalue weighted by molar-refractivity contribution is 6.35. The standard InChI is InChI=1S/C36H20N4/c1-2-10-22(11-3-1)39-28-18-17-21-9-4-5-12-23(21)31(28)33-30(39)20-19-29-32(33)24-13-8-14-25-34-36(40(29)35(24)25)38-27-16-7-6-15-26(27)37-34/h1-20H. The van der Waals surface area contributed by atoms with Gasteiger partial charge in [0.1, 0.15) is 5.52 Å². The van der Waals surface area contributed by atoms with Crippen LogP contribution in [0.25, 0.3) is 87.7 Å². The lowest BCUT2D eigenvalue weighted by Gasteiger charge is -2.08. The second-order valence-electron chi connectivity index (χ2n) is 10.6. The van der Waals surface area contributed by atoms with Crippen molar-refractivity contribution < 1.29 is 0 Å². The van der Waals surface area contributed by atoms with Gasteiger partial charge in [-0.2, -0.15) is 0 Å². The summed E-state index contributed by atoms with van der Waals surface area (Å²) in [4.78, 5) is 10.2. The third kappa shape index (κ3) is 2.38. The van der Waals surface area contributed by atoms with Gasteiger partial charge in [0.05, 0.1) is 33.1 Å². The molecule has 4 heteroatoms. The number of hydrogen-bond acceptors (Lipinski definition) is 2. The van der Waals surface area contributed by atoms with Gasteiger partial charge in [0.25, 0.3) is 0 Å². The van der Waals surface area contributed by atoms with Gasteiger partial charge in [-0.1, -0.05) is 78.9 Å². The summed E-state index contributed by atoms with van der Waals surface area (Å²) in [6.07, 6.45) is 0. The minimum atomic E-state index is 0.913. The van der Waals surface area contributed by atoms with Crippen LogP contribution in [-0.4, -0.2) is 18.9 Å². The number of aromatic nitrogens is 4. The van der Waals surface area contributed by atoms with E-state index < -0.39 is 0 Å². The summed E-state index contributed by atoms with van der Waals surface area (Å²) in [6, 6.07) is 43.3. The molecule has 0 saturated carbocycles. The maximum absolute atomic E-state index is 5.16. The largest absolute Gasteiger partial charge is 0.309 e. The van der Waals surface area contributed by atoms with Crippen molar-refractivity contribution >= 4 is 82.0 Å². The zero-order valence-corrected chi connectivity index (χ0v) is 21.3. The third-order valence-electron chi connectivity index (χ3n) is 8.60. The van der Waals surface area contributed by atoms with Crippen LogP contribution in [0.1, 0.15) is 0 Å². The Hall–Kier alpha value is -5.48. The number of benzene rings is 6. The number of hydrogen-bond donors (Lipinski definition) is 0. The number of nitrogens with zero attached hydrogens (tertiary/aromatic N) is 4. The molecule has 0 amide bonds. The van der Waals surface area contributed by atoms with Crippen LogP contribution in [0.5, 0.6) is 0 Å². The molecule has 0 fully saturated rings. The van der Waals surface area contributed by atoms with E-state index in [1.807, 2.05) is 24.3 Å². The topological polar surface area (TPSA) is 35.1 Å². The van der Waals surface area contributed by atoms with Crippen LogP contribution in [-0.2, 0) is 0 Å². The summed E-state index contributed by atoms with van der Waals surface area (Å²) in [7, 11) is 0. The highest BCUT2D eigenvalue weighted by Crippen LogP contribution is 2.46. The summed E-state index contributed by atoms with van der Waals surface area (Å²) < 4.78 is 4.75. The van der Waals surface area contributed by atoms with Gasteiger partial charge in [0.15, 0.2) is 5.65 Å². The molecule has 4 aromatic heterocycles. The molecule has 0 unspecified atom stereocenters. The first kappa shape index (κ1) is 20.5. The van der Waals surface area contributed by atoms with Gasteiger partial charge in [-0.15, -0.1) is 0 Å². The minimum absolute atomic E-state index is 0.913. The van der Waals surface area contributed by atoms with E-state index in [1.54, 1.807) is 0 Å². The molecule has 0 aliphatic carbocycles. The summed E-state index contributed by atoms with van der Waals surface area (Å²) in [5.74, 6) is 0. The Balaban J connectivity index is 1.51. The Morgan fingerprint density at radius 2 is 1.10 bits per heavy atom. The van der Waals surface area contributed by atoms with Gasteiger partial charge in [-0.05, 0) is 53.2 Å². The second kappa shape index (κ2) is 7.13. The van der Waals surface area contributed by atoms with Crippen LogP contribution in [0, 0.1) is 0 Å². The van der Waals surface area contributed by atoms with Gasteiger partial charge in [-0.25, -0.2) is 9.97 Å². The van der Waals surface area contributed by atoms with Gasteiger partial charge in [0, 0.05) is 32.6 Å². The third-order valence-corrected chi connectivity index (χ3v) is 8.60. The van der Waals surface area contributed by atoms with E-state index in [2.05, 4.69) is 106 Å². The Morgan fingerprint density at radius 3 is 2.00 bits per heavy atom. The highest BCUT2D eigenvalue weighted by Gasteiger charge is 2.24. The van der Waals surface area contributed by atoms with Crippen molar-refractivity contribution in [3.63, 3.8) is 0 Å². The minimum Gasteiger partial charge on any atom is -0.309 e. The van der Waals surface area contributed by atoms with Crippen LogP contribution in [0.3, 0.4) is 0 Å². The predicted octanol–water partition coefficient (Wildman–Crippen LogP) is 9.03. The SMILES string of the molecule is c1ccc(-n2c3ccc4ccccc4c3c3c4c5cccc6c7nc8ccccc8nc7n(c4ccc32)c65)cc1. The molecule has 6 aromatic carbocycles. The van der Waals surface area contributed by atoms with Crippen molar-refractivity contribution in [3.8, 4) is 5.69 Å². The molecule has 0 aliphatic heterocycles. The van der Waals surface area contributed by atoms with E-state index >= 15 is 0 Å². The van der Waals surface area contributed by atoms with E-state index in [0.29, 0.717) is 0 Å². The average molecular weight is 509 g/mol. The van der Waals surface area contributed by atoms with Crippen molar-refractivity contribution in [2.24, 2.45) is 0 Å². The highest BCUT2D eigenvalue weighted by atomic mass is 15.0. The summed E-state index contributed by atoms with van der Waals surface area (Å²) in [5.41, 5.74) is 9.65. The molecular formula is C36H20N4. The van der Waals surface area contributed by atoms with Crippen molar-refractivity contribution in [2.75, 3.05) is 0 Å². The normalized spacial score (nSPS) is 12.5. The molecule has 4 heterocycles. The molecule has 0 bridgehead atoms. The summed E-state index contributed by atoms with van der Waals surface area (Å²) in [5, 5.41) is 8.74. The predicted molar refractivity (Wildman–Crippen MR) is 166 cm³/mol. The number of rotatable bonds is 1. The summed E-state index contributed by atoms with van der Waals surface area (Å²) in [6.45, 7) is 0. The van der Waals surface area contributed by atoms with Gasteiger partial charge in [0.2, 0.25) is 0 Å². The molecule has 0 aliphatic rings. The second-order valence-corrected chi connectivity index (χ2v) is 10.6. The van der Waals surface area contributed by atoms with E-state index in [4.69, 9.17) is 9.97 Å². The smallest absolute Gasteiger partial charge is 0.165 e. The maximum Gasteiger partial charge on any atom is 0.165 e. The fourth-order valence-corrected chi connectivity index (χ4v) is 7.02. The molecule has 0 radical (unpaired) electrons. The van der Waals surface area contributed by atoms with Crippen LogP contribution in [0.15, 0.2) is 121 Å². The van der Waals surface area contributed by atoms with Gasteiger partial charge < -0.3 is 4.57 Å².